The number of nitrogens with two attached hydrogens (primary N) is 2. The first-order valence-corrected chi connectivity index (χ1v) is 10.8. The number of halogens is 2. The molecule has 2 heterocycles. The first-order chi connectivity index (χ1) is 15.9. The molecule has 0 bridgehead atoms. The van der Waals surface area contributed by atoms with Crippen molar-refractivity contribution in [3.05, 3.63) is 70.8 Å². The fraction of sp³-hybridized carbons (Fsp3) is 0.217. The molecule has 0 spiro atoms. The van der Waals surface area contributed by atoms with Gasteiger partial charge >= 0.3 is 0 Å². The summed E-state index contributed by atoms with van der Waals surface area (Å²) in [5.41, 5.74) is 14.4. The van der Waals surface area contributed by atoms with E-state index in [9.17, 15) is 4.79 Å². The Kier molecular flexibility index (Phi) is 8.15. The van der Waals surface area contributed by atoms with Crippen LogP contribution in [-0.2, 0) is 26.7 Å². The Bertz CT molecular complexity index is 1330. The lowest BCUT2D eigenvalue weighted by Crippen LogP contribution is -3.00. The van der Waals surface area contributed by atoms with Gasteiger partial charge in [-0.3, -0.25) is 4.79 Å². The fourth-order valence-corrected chi connectivity index (χ4v) is 3.84. The van der Waals surface area contributed by atoms with Crippen LogP contribution in [0.3, 0.4) is 0 Å². The fourth-order valence-electron chi connectivity index (χ4n) is 3.71. The van der Waals surface area contributed by atoms with Crippen molar-refractivity contribution in [2.24, 2.45) is 7.05 Å². The summed E-state index contributed by atoms with van der Waals surface area (Å²) in [7, 11) is 1.95. The third kappa shape index (κ3) is 5.17. The van der Waals surface area contributed by atoms with Crippen LogP contribution in [0.1, 0.15) is 28.8 Å². The molecule has 34 heavy (non-hydrogen) atoms. The van der Waals surface area contributed by atoms with Gasteiger partial charge in [0.05, 0.1) is 13.6 Å². The molecule has 5 N–H and O–H groups in total. The number of carbonyl (C=O) groups is 1. The van der Waals surface area contributed by atoms with Crippen molar-refractivity contribution >= 4 is 40.2 Å². The summed E-state index contributed by atoms with van der Waals surface area (Å²) >= 11 is 5.90. The lowest BCUT2D eigenvalue weighted by atomic mass is 10.2. The van der Waals surface area contributed by atoms with Crippen LogP contribution in [0.2, 0.25) is 5.15 Å². The minimum atomic E-state index is -0.485. The number of hydrogen-bond acceptors (Lipinski definition) is 6. The number of benzene rings is 2. The molecule has 0 saturated heterocycles. The number of carbonyl (C=O) groups excluding carboxylic acids is 1. The lowest BCUT2D eigenvalue weighted by molar-refractivity contribution is -0.654. The minimum absolute atomic E-state index is 0. The summed E-state index contributed by atoms with van der Waals surface area (Å²) in [5, 5.41) is 2.78. The quantitative estimate of drug-likeness (QED) is 0.198. The Balaban J connectivity index is 0.00000324. The van der Waals surface area contributed by atoms with Gasteiger partial charge in [0.1, 0.15) is 18.9 Å². The smallest absolute Gasteiger partial charge is 0.276 e. The number of nitrogens with one attached hydrogen (secondary N) is 1. The van der Waals surface area contributed by atoms with Crippen molar-refractivity contribution in [3.63, 3.8) is 0 Å². The van der Waals surface area contributed by atoms with Crippen LogP contribution < -0.4 is 50.1 Å². The topological polar surface area (TPSA) is 125 Å². The van der Waals surface area contributed by atoms with E-state index in [1.165, 1.54) is 0 Å². The van der Waals surface area contributed by atoms with Crippen LogP contribution in [0.5, 0.6) is 5.75 Å². The molecular weight excluding hydrogens is 569 g/mol. The van der Waals surface area contributed by atoms with Gasteiger partial charge in [-0.2, -0.15) is 0 Å². The molecule has 178 valence electrons. The summed E-state index contributed by atoms with van der Waals surface area (Å²) < 4.78 is 10.1. The predicted molar refractivity (Wildman–Crippen MR) is 127 cm³/mol. The SMILES string of the molecule is CCn1c(CNC(=O)c2nc(Cl)c(N)nc2N)[n+](C)c2ccc(OCc3ccccc3)cc21.[I-]. The second-order valence-electron chi connectivity index (χ2n) is 7.46. The van der Waals surface area contributed by atoms with Gasteiger partial charge in [0, 0.05) is 6.07 Å². The average Bonchev–Trinajstić information content (AvgIpc) is 3.09. The highest BCUT2D eigenvalue weighted by Crippen LogP contribution is 2.22. The molecule has 0 fully saturated rings. The maximum Gasteiger partial charge on any atom is 0.276 e. The van der Waals surface area contributed by atoms with Gasteiger partial charge in [0.25, 0.3) is 11.7 Å². The zero-order valence-electron chi connectivity index (χ0n) is 18.8. The van der Waals surface area contributed by atoms with Crippen molar-refractivity contribution in [2.75, 3.05) is 11.5 Å². The third-order valence-electron chi connectivity index (χ3n) is 5.39. The highest BCUT2D eigenvalue weighted by Gasteiger charge is 2.24. The lowest BCUT2D eigenvalue weighted by Gasteiger charge is -2.07. The molecule has 4 rings (SSSR count). The number of hydrogen-bond donors (Lipinski definition) is 3. The van der Waals surface area contributed by atoms with Gasteiger partial charge in [-0.1, -0.05) is 41.9 Å². The minimum Gasteiger partial charge on any atom is -1.00 e. The van der Waals surface area contributed by atoms with Crippen molar-refractivity contribution in [3.8, 4) is 5.75 Å². The van der Waals surface area contributed by atoms with Crippen molar-refractivity contribution in [1.82, 2.24) is 19.9 Å². The van der Waals surface area contributed by atoms with E-state index in [-0.39, 0.29) is 53.0 Å². The van der Waals surface area contributed by atoms with E-state index in [1.54, 1.807) is 0 Å². The van der Waals surface area contributed by atoms with Crippen LogP contribution >= 0.6 is 11.6 Å². The van der Waals surface area contributed by atoms with Gasteiger partial charge in [-0.05, 0) is 24.6 Å². The largest absolute Gasteiger partial charge is 1.00 e. The Labute approximate surface area is 219 Å². The number of rotatable bonds is 7. The molecule has 4 aromatic rings. The summed E-state index contributed by atoms with van der Waals surface area (Å²) in [6, 6.07) is 16.0. The molecular formula is C23H25ClIN7O2. The van der Waals surface area contributed by atoms with Gasteiger partial charge in [0.2, 0.25) is 0 Å². The molecule has 1 amide bonds. The number of nitrogen functional groups attached to an aromatic ring is 2. The molecule has 0 atom stereocenters. The first-order valence-electron chi connectivity index (χ1n) is 10.4. The number of nitrogens with zero attached hydrogens (tertiary/aromatic N) is 4. The molecule has 9 nitrogen and oxygen atoms in total. The molecule has 0 aliphatic heterocycles. The van der Waals surface area contributed by atoms with E-state index in [4.69, 9.17) is 27.8 Å². The van der Waals surface area contributed by atoms with Crippen LogP contribution in [0.25, 0.3) is 11.0 Å². The van der Waals surface area contributed by atoms with E-state index in [0.29, 0.717) is 13.2 Å². The Morgan fingerprint density at radius 1 is 1.15 bits per heavy atom. The summed E-state index contributed by atoms with van der Waals surface area (Å²) in [5.74, 6) is 1.09. The summed E-state index contributed by atoms with van der Waals surface area (Å²) in [4.78, 5) is 20.5. The molecule has 2 aromatic heterocycles. The standard InChI is InChI=1S/C23H24ClN7O2.HI/c1-3-31-17-11-15(33-13-14-7-5-4-6-8-14)9-10-16(17)30(2)18(31)12-27-23(32)19-21(25)29-22(26)20(24)28-19;/h4-11H,3,12-13H2,1-2H3,(H4-,25,26,27,29,32);1H. The summed E-state index contributed by atoms with van der Waals surface area (Å²) in [6.07, 6.45) is 0. The maximum absolute atomic E-state index is 12.7. The van der Waals surface area contributed by atoms with Crippen LogP contribution in [0.4, 0.5) is 11.6 Å². The normalized spacial score (nSPS) is 10.7. The number of aromatic nitrogens is 4. The number of ether oxygens (including phenoxy) is 1. The molecule has 2 aromatic carbocycles. The number of imidazole rings is 1. The molecule has 11 heteroatoms. The number of fused-ring (bicyclic) bond motifs is 1. The molecule has 0 saturated carbocycles. The van der Waals surface area contributed by atoms with Crippen LogP contribution in [-0.4, -0.2) is 20.4 Å². The Morgan fingerprint density at radius 3 is 2.59 bits per heavy atom. The number of anilines is 2. The van der Waals surface area contributed by atoms with Crippen molar-refractivity contribution < 1.29 is 38.1 Å². The van der Waals surface area contributed by atoms with Gasteiger partial charge in [-0.15, -0.1) is 0 Å². The highest BCUT2D eigenvalue weighted by atomic mass is 127. The molecule has 0 radical (unpaired) electrons. The highest BCUT2D eigenvalue weighted by molar-refractivity contribution is 6.31. The third-order valence-corrected chi connectivity index (χ3v) is 5.67. The van der Waals surface area contributed by atoms with E-state index >= 15 is 0 Å². The predicted octanol–water partition coefficient (Wildman–Crippen LogP) is -0.393. The average molecular weight is 594 g/mol. The molecule has 0 aliphatic rings. The van der Waals surface area contributed by atoms with E-state index in [2.05, 4.69) is 19.9 Å². The van der Waals surface area contributed by atoms with Gasteiger partial charge < -0.3 is 45.5 Å². The van der Waals surface area contributed by atoms with E-state index in [1.807, 2.05) is 67.1 Å². The monoisotopic (exact) mass is 593 g/mol. The van der Waals surface area contributed by atoms with Gasteiger partial charge in [0.15, 0.2) is 33.5 Å². The van der Waals surface area contributed by atoms with Crippen molar-refractivity contribution in [2.45, 2.75) is 26.6 Å². The summed E-state index contributed by atoms with van der Waals surface area (Å²) in [6.45, 7) is 3.49. The second kappa shape index (κ2) is 10.9. The second-order valence-corrected chi connectivity index (χ2v) is 7.82. The van der Waals surface area contributed by atoms with E-state index in [0.717, 1.165) is 28.2 Å². The number of aryl methyl sites for hydroxylation is 2. The van der Waals surface area contributed by atoms with E-state index < -0.39 is 5.91 Å². The first kappa shape index (κ1) is 25.5. The Morgan fingerprint density at radius 2 is 1.88 bits per heavy atom. The Hall–Kier alpha value is -3.12. The van der Waals surface area contributed by atoms with Crippen LogP contribution in [0.15, 0.2) is 48.5 Å². The molecule has 0 aliphatic carbocycles. The van der Waals surface area contributed by atoms with Gasteiger partial charge in [-0.25, -0.2) is 19.1 Å². The zero-order valence-corrected chi connectivity index (χ0v) is 21.7. The van der Waals surface area contributed by atoms with Crippen molar-refractivity contribution in [1.29, 1.82) is 0 Å². The zero-order chi connectivity index (χ0) is 23.5. The number of amides is 1. The van der Waals surface area contributed by atoms with Crippen LogP contribution in [0, 0.1) is 0 Å². The molecule has 0 unspecified atom stereocenters. The maximum atomic E-state index is 12.7.